The van der Waals surface area contributed by atoms with Crippen LogP contribution in [0.1, 0.15) is 48.5 Å². The van der Waals surface area contributed by atoms with Crippen LogP contribution in [0.5, 0.6) is 0 Å². The van der Waals surface area contributed by atoms with Gasteiger partial charge in [0.05, 0.1) is 11.9 Å². The lowest BCUT2D eigenvalue weighted by Crippen LogP contribution is -2.22. The van der Waals surface area contributed by atoms with Crippen LogP contribution in [-0.2, 0) is 0 Å². The van der Waals surface area contributed by atoms with Crippen molar-refractivity contribution < 1.29 is 4.79 Å². The van der Waals surface area contributed by atoms with Crippen LogP contribution in [0.4, 0.5) is 0 Å². The monoisotopic (exact) mass is 336 g/mol. The van der Waals surface area contributed by atoms with E-state index in [1.54, 1.807) is 12.3 Å². The molecule has 1 aliphatic rings. The molecule has 1 N–H and O–H groups in total. The molecule has 1 fully saturated rings. The molecule has 0 aromatic carbocycles. The van der Waals surface area contributed by atoms with E-state index in [2.05, 4.69) is 15.2 Å². The Labute approximate surface area is 142 Å². The molecule has 0 aliphatic heterocycles. The molecule has 3 aromatic heterocycles. The number of carbonyl (C=O) groups excluding carboxylic acids is 1. The van der Waals surface area contributed by atoms with Crippen LogP contribution < -0.4 is 5.56 Å². The second kappa shape index (κ2) is 5.41. The summed E-state index contributed by atoms with van der Waals surface area (Å²) >= 11 is 0. The van der Waals surface area contributed by atoms with Crippen LogP contribution in [0, 0.1) is 17.2 Å². The van der Waals surface area contributed by atoms with Crippen molar-refractivity contribution in [3.05, 3.63) is 39.9 Å². The van der Waals surface area contributed by atoms with E-state index in [0.717, 1.165) is 12.8 Å². The Morgan fingerprint density at radius 2 is 2.20 bits per heavy atom. The molecule has 8 heteroatoms. The smallest absolute Gasteiger partial charge is 0.278 e. The van der Waals surface area contributed by atoms with Crippen molar-refractivity contribution in [1.29, 1.82) is 5.26 Å². The molecular weight excluding hydrogens is 320 g/mol. The first-order chi connectivity index (χ1) is 12.0. The van der Waals surface area contributed by atoms with E-state index in [4.69, 9.17) is 0 Å². The number of aromatic nitrogens is 5. The van der Waals surface area contributed by atoms with Crippen LogP contribution in [-0.4, -0.2) is 30.3 Å². The second-order valence-corrected chi connectivity index (χ2v) is 6.56. The van der Waals surface area contributed by atoms with Crippen molar-refractivity contribution in [3.63, 3.8) is 0 Å². The van der Waals surface area contributed by atoms with Gasteiger partial charge in [-0.15, -0.1) is 0 Å². The normalized spacial score (nSPS) is 14.2. The van der Waals surface area contributed by atoms with E-state index >= 15 is 0 Å². The molecular formula is C17H16N6O2. The third-order valence-corrected chi connectivity index (χ3v) is 4.40. The van der Waals surface area contributed by atoms with E-state index in [1.807, 2.05) is 19.9 Å². The number of hydrogen-bond acceptors (Lipinski definition) is 5. The van der Waals surface area contributed by atoms with Gasteiger partial charge in [0, 0.05) is 17.7 Å². The van der Waals surface area contributed by atoms with Gasteiger partial charge >= 0.3 is 0 Å². The molecule has 3 heterocycles. The average Bonchev–Trinajstić information content (AvgIpc) is 3.17. The largest absolute Gasteiger partial charge is 0.337 e. The summed E-state index contributed by atoms with van der Waals surface area (Å²) in [6, 6.07) is 3.72. The molecule has 0 saturated heterocycles. The van der Waals surface area contributed by atoms with E-state index in [-0.39, 0.29) is 28.9 Å². The Balaban J connectivity index is 1.93. The van der Waals surface area contributed by atoms with E-state index in [1.165, 1.54) is 15.4 Å². The zero-order valence-corrected chi connectivity index (χ0v) is 13.9. The van der Waals surface area contributed by atoms with Crippen LogP contribution in [0.3, 0.4) is 0 Å². The Kier molecular flexibility index (Phi) is 3.32. The van der Waals surface area contributed by atoms with Crippen LogP contribution in [0.15, 0.2) is 23.3 Å². The summed E-state index contributed by atoms with van der Waals surface area (Å²) in [6.45, 7) is 3.81. The van der Waals surface area contributed by atoms with Crippen molar-refractivity contribution in [2.24, 2.45) is 5.92 Å². The molecule has 3 aromatic rings. The van der Waals surface area contributed by atoms with Gasteiger partial charge in [-0.1, -0.05) is 13.8 Å². The van der Waals surface area contributed by atoms with Crippen molar-refractivity contribution in [2.45, 2.75) is 32.6 Å². The molecule has 0 spiro atoms. The number of H-pyrrole nitrogens is 1. The van der Waals surface area contributed by atoms with Gasteiger partial charge in [0.15, 0.2) is 5.65 Å². The molecule has 0 radical (unpaired) electrons. The van der Waals surface area contributed by atoms with Gasteiger partial charge in [0.25, 0.3) is 5.56 Å². The van der Waals surface area contributed by atoms with Gasteiger partial charge in [0.2, 0.25) is 5.91 Å². The van der Waals surface area contributed by atoms with Crippen LogP contribution in [0.25, 0.3) is 17.0 Å². The van der Waals surface area contributed by atoms with Crippen molar-refractivity contribution >= 4 is 11.6 Å². The molecule has 25 heavy (non-hydrogen) atoms. The Bertz CT molecular complexity index is 1090. The highest BCUT2D eigenvalue weighted by molar-refractivity contribution is 5.83. The highest BCUT2D eigenvalue weighted by Crippen LogP contribution is 2.31. The van der Waals surface area contributed by atoms with Crippen molar-refractivity contribution in [3.8, 4) is 17.5 Å². The number of nitrogens with zero attached hydrogens (tertiary/aromatic N) is 5. The number of rotatable bonds is 3. The fraction of sp³-hybridized carbons (Fsp3) is 0.353. The second-order valence-electron chi connectivity index (χ2n) is 6.56. The van der Waals surface area contributed by atoms with Gasteiger partial charge in [0.1, 0.15) is 17.3 Å². The minimum atomic E-state index is -0.289. The molecule has 126 valence electrons. The number of carbonyl (C=O) groups is 1. The summed E-state index contributed by atoms with van der Waals surface area (Å²) in [4.78, 5) is 28.1. The lowest BCUT2D eigenvalue weighted by atomic mass is 10.0. The van der Waals surface area contributed by atoms with Crippen LogP contribution >= 0.6 is 0 Å². The zero-order chi connectivity index (χ0) is 17.7. The summed E-state index contributed by atoms with van der Waals surface area (Å²) in [6.07, 6.45) is 4.77. The topological polar surface area (TPSA) is 109 Å². The van der Waals surface area contributed by atoms with Crippen molar-refractivity contribution in [1.82, 2.24) is 24.4 Å². The highest BCUT2D eigenvalue weighted by atomic mass is 16.2. The van der Waals surface area contributed by atoms with E-state index in [0.29, 0.717) is 22.6 Å². The predicted octanol–water partition coefficient (Wildman–Crippen LogP) is 1.93. The molecule has 4 rings (SSSR count). The molecule has 1 saturated carbocycles. The van der Waals surface area contributed by atoms with Crippen LogP contribution in [0.2, 0.25) is 0 Å². The number of aromatic amines is 1. The quantitative estimate of drug-likeness (QED) is 0.786. The summed E-state index contributed by atoms with van der Waals surface area (Å²) in [7, 11) is 0. The van der Waals surface area contributed by atoms with Gasteiger partial charge < -0.3 is 4.98 Å². The maximum atomic E-state index is 12.8. The third-order valence-electron chi connectivity index (χ3n) is 4.40. The highest BCUT2D eigenvalue weighted by Gasteiger charge is 2.31. The van der Waals surface area contributed by atoms with Gasteiger partial charge in [-0.3, -0.25) is 9.59 Å². The molecule has 1 aliphatic carbocycles. The van der Waals surface area contributed by atoms with E-state index < -0.39 is 0 Å². The fourth-order valence-corrected chi connectivity index (χ4v) is 2.95. The Morgan fingerprint density at radius 1 is 1.44 bits per heavy atom. The molecule has 0 atom stereocenters. The number of hydrogen-bond donors (Lipinski definition) is 1. The summed E-state index contributed by atoms with van der Waals surface area (Å²) in [5.74, 6) is -0.0520. The maximum absolute atomic E-state index is 12.8. The first-order valence-electron chi connectivity index (χ1n) is 8.15. The number of nitriles is 1. The number of nitrogens with one attached hydrogen (secondary N) is 1. The van der Waals surface area contributed by atoms with Gasteiger partial charge in [-0.05, 0) is 24.8 Å². The molecule has 0 unspecified atom stereocenters. The lowest BCUT2D eigenvalue weighted by Gasteiger charge is -2.11. The van der Waals surface area contributed by atoms with E-state index in [9.17, 15) is 14.9 Å². The Morgan fingerprint density at radius 3 is 2.84 bits per heavy atom. The average molecular weight is 336 g/mol. The third kappa shape index (κ3) is 2.36. The zero-order valence-electron chi connectivity index (χ0n) is 13.9. The van der Waals surface area contributed by atoms with Crippen molar-refractivity contribution in [2.75, 3.05) is 0 Å². The molecule has 0 amide bonds. The van der Waals surface area contributed by atoms with Gasteiger partial charge in [-0.25, -0.2) is 4.68 Å². The molecule has 8 nitrogen and oxygen atoms in total. The maximum Gasteiger partial charge on any atom is 0.278 e. The SMILES string of the molecule is CC(C)c1c(-c2ccn(C(=O)C3CC3)n2)[nH]c2c(C#N)cnn2c1=O. The first-order valence-corrected chi connectivity index (χ1v) is 8.15. The minimum absolute atomic E-state index is 0.0251. The summed E-state index contributed by atoms with van der Waals surface area (Å²) < 4.78 is 2.53. The summed E-state index contributed by atoms with van der Waals surface area (Å²) in [5, 5.41) is 17.6. The molecule has 0 bridgehead atoms. The number of fused-ring (bicyclic) bond motifs is 1. The predicted molar refractivity (Wildman–Crippen MR) is 89.2 cm³/mol. The minimum Gasteiger partial charge on any atom is -0.337 e. The standard InChI is InChI=1S/C17H16N6O2/c1-9(2)13-14(12-5-6-22(21-12)16(24)10-3-4-10)20-15-11(7-18)8-19-23(15)17(13)25/h5-6,8-10,20H,3-4H2,1-2H3. The lowest BCUT2D eigenvalue weighted by molar-refractivity contribution is 0.0870. The van der Waals surface area contributed by atoms with Gasteiger partial charge in [-0.2, -0.15) is 20.0 Å². The first kappa shape index (κ1) is 15.3. The fourth-order valence-electron chi connectivity index (χ4n) is 2.95. The summed E-state index contributed by atoms with van der Waals surface area (Å²) in [5.41, 5.74) is 1.86. The Hall–Kier alpha value is -3.21.